The molecule has 0 saturated carbocycles. The number of nitrogens with one attached hydrogen (secondary N) is 1. The summed E-state index contributed by atoms with van der Waals surface area (Å²) >= 11 is 1.77. The standard InChI is InChI=1S/C13H24N2OS/c1-5-13(4,6-7-16)15-9-11-8-14-12(17-11)10(2)3/h8,10,15-16H,5-7,9H2,1-4H3. The second kappa shape index (κ2) is 6.47. The molecule has 0 radical (unpaired) electrons. The maximum absolute atomic E-state index is 9.06. The van der Waals surface area contributed by atoms with Crippen molar-refractivity contribution in [3.05, 3.63) is 16.1 Å². The smallest absolute Gasteiger partial charge is 0.0953 e. The predicted molar refractivity (Wildman–Crippen MR) is 73.4 cm³/mol. The van der Waals surface area contributed by atoms with E-state index in [2.05, 4.69) is 38.0 Å². The van der Waals surface area contributed by atoms with Gasteiger partial charge in [-0.1, -0.05) is 20.8 Å². The molecule has 0 amide bonds. The number of rotatable bonds is 7. The van der Waals surface area contributed by atoms with Crippen LogP contribution in [0.4, 0.5) is 0 Å². The van der Waals surface area contributed by atoms with E-state index in [4.69, 9.17) is 5.11 Å². The lowest BCUT2D eigenvalue weighted by Crippen LogP contribution is -2.41. The summed E-state index contributed by atoms with van der Waals surface area (Å²) in [5.74, 6) is 0.503. The normalized spacial score (nSPS) is 15.2. The number of aliphatic hydroxyl groups excluding tert-OH is 1. The van der Waals surface area contributed by atoms with Crippen LogP contribution < -0.4 is 5.32 Å². The molecular formula is C13H24N2OS. The number of aliphatic hydroxyl groups is 1. The minimum absolute atomic E-state index is 0.0245. The van der Waals surface area contributed by atoms with Crippen molar-refractivity contribution in [1.29, 1.82) is 0 Å². The first-order valence-corrected chi connectivity index (χ1v) is 7.13. The molecule has 0 aliphatic rings. The van der Waals surface area contributed by atoms with Crippen molar-refractivity contribution < 1.29 is 5.11 Å². The van der Waals surface area contributed by atoms with Gasteiger partial charge in [0.1, 0.15) is 0 Å². The summed E-state index contributed by atoms with van der Waals surface area (Å²) in [5.41, 5.74) is 0.0245. The van der Waals surface area contributed by atoms with Crippen LogP contribution in [0.3, 0.4) is 0 Å². The highest BCUT2D eigenvalue weighted by Gasteiger charge is 2.20. The van der Waals surface area contributed by atoms with E-state index in [1.165, 1.54) is 9.88 Å². The predicted octanol–water partition coefficient (Wildman–Crippen LogP) is 2.91. The van der Waals surface area contributed by atoms with E-state index in [0.717, 1.165) is 19.4 Å². The summed E-state index contributed by atoms with van der Waals surface area (Å²) in [6.07, 6.45) is 3.77. The number of thiazole rings is 1. The summed E-state index contributed by atoms with van der Waals surface area (Å²) in [6, 6.07) is 0. The molecule has 0 aliphatic heterocycles. The van der Waals surface area contributed by atoms with E-state index in [-0.39, 0.29) is 12.1 Å². The van der Waals surface area contributed by atoms with Crippen molar-refractivity contribution in [2.75, 3.05) is 6.61 Å². The van der Waals surface area contributed by atoms with Gasteiger partial charge in [0.2, 0.25) is 0 Å². The molecule has 0 bridgehead atoms. The van der Waals surface area contributed by atoms with Crippen molar-refractivity contribution in [2.24, 2.45) is 0 Å². The van der Waals surface area contributed by atoms with Gasteiger partial charge in [-0.05, 0) is 19.8 Å². The van der Waals surface area contributed by atoms with Crippen molar-refractivity contribution in [1.82, 2.24) is 10.3 Å². The molecule has 2 N–H and O–H groups in total. The van der Waals surface area contributed by atoms with Gasteiger partial charge in [-0.15, -0.1) is 11.3 Å². The van der Waals surface area contributed by atoms with Crippen LogP contribution in [0.2, 0.25) is 0 Å². The van der Waals surface area contributed by atoms with Gasteiger partial charge in [0, 0.05) is 35.7 Å². The first kappa shape index (κ1) is 14.6. The molecular weight excluding hydrogens is 232 g/mol. The number of aromatic nitrogens is 1. The summed E-state index contributed by atoms with van der Waals surface area (Å²) in [5, 5.41) is 13.8. The topological polar surface area (TPSA) is 45.1 Å². The monoisotopic (exact) mass is 256 g/mol. The Hall–Kier alpha value is -0.450. The summed E-state index contributed by atoms with van der Waals surface area (Å²) < 4.78 is 0. The first-order chi connectivity index (χ1) is 8.00. The van der Waals surface area contributed by atoms with Crippen LogP contribution in [0.5, 0.6) is 0 Å². The fraction of sp³-hybridized carbons (Fsp3) is 0.769. The lowest BCUT2D eigenvalue weighted by Gasteiger charge is -2.28. The zero-order valence-corrected chi connectivity index (χ0v) is 12.1. The third-order valence-electron chi connectivity index (χ3n) is 3.20. The summed E-state index contributed by atoms with van der Waals surface area (Å²) in [6.45, 7) is 9.71. The van der Waals surface area contributed by atoms with Gasteiger partial charge in [-0.2, -0.15) is 0 Å². The lowest BCUT2D eigenvalue weighted by molar-refractivity contribution is 0.215. The maximum Gasteiger partial charge on any atom is 0.0953 e. The van der Waals surface area contributed by atoms with Crippen molar-refractivity contribution in [3.63, 3.8) is 0 Å². The Morgan fingerprint density at radius 2 is 2.24 bits per heavy atom. The molecule has 1 heterocycles. The molecule has 1 aromatic heterocycles. The fourth-order valence-electron chi connectivity index (χ4n) is 1.61. The second-order valence-corrected chi connectivity index (χ2v) is 6.21. The molecule has 1 aromatic rings. The average molecular weight is 256 g/mol. The van der Waals surface area contributed by atoms with Crippen molar-refractivity contribution in [2.45, 2.75) is 58.5 Å². The largest absolute Gasteiger partial charge is 0.396 e. The second-order valence-electron chi connectivity index (χ2n) is 5.06. The van der Waals surface area contributed by atoms with E-state index >= 15 is 0 Å². The molecule has 3 nitrogen and oxygen atoms in total. The third-order valence-corrected chi connectivity index (χ3v) is 4.50. The SMILES string of the molecule is CCC(C)(CCO)NCc1cnc(C(C)C)s1. The molecule has 17 heavy (non-hydrogen) atoms. The Balaban J connectivity index is 2.53. The summed E-state index contributed by atoms with van der Waals surface area (Å²) in [7, 11) is 0. The van der Waals surface area contributed by atoms with E-state index < -0.39 is 0 Å². The van der Waals surface area contributed by atoms with Crippen molar-refractivity contribution in [3.8, 4) is 0 Å². The first-order valence-electron chi connectivity index (χ1n) is 6.31. The van der Waals surface area contributed by atoms with Gasteiger partial charge in [-0.25, -0.2) is 4.98 Å². The van der Waals surface area contributed by atoms with Crippen LogP contribution in [0.1, 0.15) is 56.3 Å². The van der Waals surface area contributed by atoms with E-state index in [9.17, 15) is 0 Å². The number of nitrogens with zero attached hydrogens (tertiary/aromatic N) is 1. The van der Waals surface area contributed by atoms with Crippen LogP contribution in [0.25, 0.3) is 0 Å². The van der Waals surface area contributed by atoms with Gasteiger partial charge in [-0.3, -0.25) is 0 Å². The van der Waals surface area contributed by atoms with Gasteiger partial charge < -0.3 is 10.4 Å². The molecule has 0 aromatic carbocycles. The Morgan fingerprint density at radius 3 is 2.71 bits per heavy atom. The van der Waals surface area contributed by atoms with Gasteiger partial charge in [0.05, 0.1) is 5.01 Å². The minimum atomic E-state index is 0.0245. The highest BCUT2D eigenvalue weighted by atomic mass is 32.1. The summed E-state index contributed by atoms with van der Waals surface area (Å²) in [4.78, 5) is 5.69. The van der Waals surface area contributed by atoms with E-state index in [1.807, 2.05) is 6.20 Å². The fourth-order valence-corrected chi connectivity index (χ4v) is 2.47. The van der Waals surface area contributed by atoms with Gasteiger partial charge in [0.25, 0.3) is 0 Å². The number of hydrogen-bond donors (Lipinski definition) is 2. The van der Waals surface area contributed by atoms with Crippen LogP contribution in [-0.4, -0.2) is 22.2 Å². The van der Waals surface area contributed by atoms with Crippen LogP contribution in [0.15, 0.2) is 6.20 Å². The third kappa shape index (κ3) is 4.37. The molecule has 0 saturated heterocycles. The molecule has 0 fully saturated rings. The molecule has 1 atom stereocenters. The van der Waals surface area contributed by atoms with Crippen LogP contribution in [-0.2, 0) is 6.54 Å². The van der Waals surface area contributed by atoms with Crippen molar-refractivity contribution >= 4 is 11.3 Å². The zero-order valence-electron chi connectivity index (χ0n) is 11.3. The average Bonchev–Trinajstić information content (AvgIpc) is 2.76. The highest BCUT2D eigenvalue weighted by Crippen LogP contribution is 2.22. The van der Waals surface area contributed by atoms with Crippen LogP contribution in [0, 0.1) is 0 Å². The van der Waals surface area contributed by atoms with E-state index in [1.54, 1.807) is 11.3 Å². The molecule has 4 heteroatoms. The van der Waals surface area contributed by atoms with E-state index in [0.29, 0.717) is 5.92 Å². The van der Waals surface area contributed by atoms with Crippen LogP contribution >= 0.6 is 11.3 Å². The lowest BCUT2D eigenvalue weighted by atomic mass is 9.95. The quantitative estimate of drug-likeness (QED) is 0.788. The molecule has 1 unspecified atom stereocenters. The molecule has 98 valence electrons. The molecule has 0 spiro atoms. The Labute approximate surface area is 108 Å². The zero-order chi connectivity index (χ0) is 12.9. The number of hydrogen-bond acceptors (Lipinski definition) is 4. The Morgan fingerprint density at radius 1 is 1.53 bits per heavy atom. The Kier molecular flexibility index (Phi) is 5.56. The maximum atomic E-state index is 9.06. The Bertz CT molecular complexity index is 338. The van der Waals surface area contributed by atoms with Gasteiger partial charge in [0.15, 0.2) is 0 Å². The highest BCUT2D eigenvalue weighted by molar-refractivity contribution is 7.11. The molecule has 0 aliphatic carbocycles. The van der Waals surface area contributed by atoms with Gasteiger partial charge >= 0.3 is 0 Å². The molecule has 1 rings (SSSR count). The minimum Gasteiger partial charge on any atom is -0.396 e.